The quantitative estimate of drug-likeness (QED) is 0.758. The third-order valence-corrected chi connectivity index (χ3v) is 4.12. The molecule has 0 bridgehead atoms. The van der Waals surface area contributed by atoms with Crippen LogP contribution in [0.4, 0.5) is 0 Å². The van der Waals surface area contributed by atoms with Gasteiger partial charge in [0.1, 0.15) is 0 Å². The van der Waals surface area contributed by atoms with Crippen molar-refractivity contribution >= 4 is 0 Å². The van der Waals surface area contributed by atoms with Gasteiger partial charge < -0.3 is 9.84 Å². The number of aromatic nitrogens is 4. The molecule has 0 aliphatic heterocycles. The van der Waals surface area contributed by atoms with E-state index in [-0.39, 0.29) is 6.04 Å². The fraction of sp³-hybridized carbons (Fsp3) is 0.353. The number of rotatable bonds is 6. The lowest BCUT2D eigenvalue weighted by atomic mass is 10.1. The van der Waals surface area contributed by atoms with Crippen molar-refractivity contribution in [3.8, 4) is 5.69 Å². The van der Waals surface area contributed by atoms with Crippen molar-refractivity contribution in [1.82, 2.24) is 25.2 Å². The van der Waals surface area contributed by atoms with E-state index in [0.29, 0.717) is 12.5 Å². The highest BCUT2D eigenvalue weighted by Gasteiger charge is 2.29. The molecule has 6 heteroatoms. The summed E-state index contributed by atoms with van der Waals surface area (Å²) in [6.07, 6.45) is 6.06. The highest BCUT2D eigenvalue weighted by molar-refractivity contribution is 5.36. The van der Waals surface area contributed by atoms with Crippen molar-refractivity contribution in [1.29, 1.82) is 0 Å². The van der Waals surface area contributed by atoms with Crippen LogP contribution in [0.5, 0.6) is 0 Å². The van der Waals surface area contributed by atoms with Gasteiger partial charge in [0, 0.05) is 24.4 Å². The average molecular weight is 309 g/mol. The van der Waals surface area contributed by atoms with E-state index in [0.717, 1.165) is 17.4 Å². The Balaban J connectivity index is 1.42. The zero-order chi connectivity index (χ0) is 15.6. The van der Waals surface area contributed by atoms with Gasteiger partial charge in [0.2, 0.25) is 5.89 Å². The topological polar surface area (TPSA) is 68.8 Å². The summed E-state index contributed by atoms with van der Waals surface area (Å²) in [5.74, 6) is 2.01. The van der Waals surface area contributed by atoms with E-state index >= 15 is 0 Å². The minimum Gasteiger partial charge on any atom is -0.339 e. The first-order chi connectivity index (χ1) is 11.3. The van der Waals surface area contributed by atoms with Crippen LogP contribution < -0.4 is 5.32 Å². The van der Waals surface area contributed by atoms with Crippen LogP contribution in [0.25, 0.3) is 5.69 Å². The summed E-state index contributed by atoms with van der Waals surface area (Å²) in [7, 11) is 0. The predicted molar refractivity (Wildman–Crippen MR) is 85.1 cm³/mol. The highest BCUT2D eigenvalue weighted by atomic mass is 16.5. The van der Waals surface area contributed by atoms with Gasteiger partial charge in [-0.2, -0.15) is 10.1 Å². The molecule has 1 N–H and O–H groups in total. The van der Waals surface area contributed by atoms with Crippen molar-refractivity contribution in [3.05, 3.63) is 60.0 Å². The minimum absolute atomic E-state index is 0.188. The van der Waals surface area contributed by atoms with E-state index < -0.39 is 0 Å². The molecule has 1 saturated carbocycles. The van der Waals surface area contributed by atoms with Crippen LogP contribution in [0.1, 0.15) is 49.0 Å². The Hall–Kier alpha value is -2.47. The molecule has 23 heavy (non-hydrogen) atoms. The maximum Gasteiger partial charge on any atom is 0.229 e. The summed E-state index contributed by atoms with van der Waals surface area (Å²) < 4.78 is 7.14. The van der Waals surface area contributed by atoms with E-state index in [2.05, 4.69) is 39.6 Å². The zero-order valence-corrected chi connectivity index (χ0v) is 13.0. The van der Waals surface area contributed by atoms with E-state index in [1.807, 2.05) is 29.1 Å². The van der Waals surface area contributed by atoms with Gasteiger partial charge in [-0.3, -0.25) is 0 Å². The van der Waals surface area contributed by atoms with Crippen LogP contribution in [-0.2, 0) is 6.54 Å². The second-order valence-corrected chi connectivity index (χ2v) is 5.97. The Labute approximate surface area is 134 Å². The Kier molecular flexibility index (Phi) is 3.67. The third kappa shape index (κ3) is 3.17. The summed E-state index contributed by atoms with van der Waals surface area (Å²) in [6.45, 7) is 2.73. The van der Waals surface area contributed by atoms with E-state index in [9.17, 15) is 0 Å². The molecule has 0 unspecified atom stereocenters. The SMILES string of the molecule is C[C@H](NCc1noc(C2CC2)n1)c1cccc(-n2cccn2)c1. The molecule has 1 atom stereocenters. The summed E-state index contributed by atoms with van der Waals surface area (Å²) in [4.78, 5) is 4.44. The van der Waals surface area contributed by atoms with Crippen molar-refractivity contribution in [2.75, 3.05) is 0 Å². The van der Waals surface area contributed by atoms with E-state index in [1.54, 1.807) is 6.20 Å². The Morgan fingerprint density at radius 2 is 2.26 bits per heavy atom. The zero-order valence-electron chi connectivity index (χ0n) is 13.0. The average Bonchev–Trinajstić information content (AvgIpc) is 3.11. The molecule has 1 aliphatic carbocycles. The van der Waals surface area contributed by atoms with Gasteiger partial charge in [-0.15, -0.1) is 0 Å². The van der Waals surface area contributed by atoms with Crippen LogP contribution in [0.15, 0.2) is 47.2 Å². The largest absolute Gasteiger partial charge is 0.339 e. The molecule has 0 amide bonds. The number of nitrogens with zero attached hydrogens (tertiary/aromatic N) is 4. The Bertz CT molecular complexity index is 776. The number of benzene rings is 1. The lowest BCUT2D eigenvalue weighted by Gasteiger charge is -2.14. The molecule has 1 aliphatic rings. The maximum atomic E-state index is 5.28. The Morgan fingerprint density at radius 1 is 1.35 bits per heavy atom. The van der Waals surface area contributed by atoms with Crippen LogP contribution in [0.3, 0.4) is 0 Å². The third-order valence-electron chi connectivity index (χ3n) is 4.12. The molecule has 1 aromatic carbocycles. The van der Waals surface area contributed by atoms with Gasteiger partial charge in [0.05, 0.1) is 12.2 Å². The molecule has 2 aromatic heterocycles. The molecule has 4 rings (SSSR count). The molecule has 3 aromatic rings. The van der Waals surface area contributed by atoms with Crippen molar-refractivity contribution in [3.63, 3.8) is 0 Å². The number of hydrogen-bond donors (Lipinski definition) is 1. The van der Waals surface area contributed by atoms with Crippen LogP contribution >= 0.6 is 0 Å². The van der Waals surface area contributed by atoms with Crippen LogP contribution in [0.2, 0.25) is 0 Å². The maximum absolute atomic E-state index is 5.28. The van der Waals surface area contributed by atoms with Crippen molar-refractivity contribution in [2.45, 2.75) is 38.3 Å². The second kappa shape index (κ2) is 5.96. The van der Waals surface area contributed by atoms with E-state index in [4.69, 9.17) is 4.52 Å². The smallest absolute Gasteiger partial charge is 0.229 e. The molecule has 6 nitrogen and oxygen atoms in total. The lowest BCUT2D eigenvalue weighted by Crippen LogP contribution is -2.19. The van der Waals surface area contributed by atoms with Gasteiger partial charge in [-0.25, -0.2) is 4.68 Å². The van der Waals surface area contributed by atoms with Gasteiger partial charge in [-0.05, 0) is 43.5 Å². The fourth-order valence-corrected chi connectivity index (χ4v) is 2.56. The molecule has 0 saturated heterocycles. The summed E-state index contributed by atoms with van der Waals surface area (Å²) in [6, 6.07) is 10.4. The lowest BCUT2D eigenvalue weighted by molar-refractivity contribution is 0.371. The fourth-order valence-electron chi connectivity index (χ4n) is 2.56. The van der Waals surface area contributed by atoms with Crippen molar-refractivity contribution < 1.29 is 4.52 Å². The molecule has 0 spiro atoms. The second-order valence-electron chi connectivity index (χ2n) is 5.97. The molecule has 118 valence electrons. The molecule has 2 heterocycles. The first kappa shape index (κ1) is 14.1. The summed E-state index contributed by atoms with van der Waals surface area (Å²) >= 11 is 0. The monoisotopic (exact) mass is 309 g/mol. The molecule has 0 radical (unpaired) electrons. The molecular formula is C17H19N5O. The van der Waals surface area contributed by atoms with Gasteiger partial charge in [0.15, 0.2) is 5.82 Å². The molecule has 1 fully saturated rings. The first-order valence-corrected chi connectivity index (χ1v) is 7.95. The number of nitrogens with one attached hydrogen (secondary N) is 1. The highest BCUT2D eigenvalue weighted by Crippen LogP contribution is 2.38. The Morgan fingerprint density at radius 3 is 3.04 bits per heavy atom. The van der Waals surface area contributed by atoms with Gasteiger partial charge >= 0.3 is 0 Å². The summed E-state index contributed by atoms with van der Waals surface area (Å²) in [5, 5.41) is 11.8. The van der Waals surface area contributed by atoms with Crippen LogP contribution in [-0.4, -0.2) is 19.9 Å². The van der Waals surface area contributed by atoms with Crippen LogP contribution in [0, 0.1) is 0 Å². The predicted octanol–water partition coefficient (Wildman–Crippen LogP) is 2.98. The minimum atomic E-state index is 0.188. The summed E-state index contributed by atoms with van der Waals surface area (Å²) in [5.41, 5.74) is 2.25. The number of hydrogen-bond acceptors (Lipinski definition) is 5. The first-order valence-electron chi connectivity index (χ1n) is 7.95. The molecular weight excluding hydrogens is 290 g/mol. The van der Waals surface area contributed by atoms with E-state index in [1.165, 1.54) is 18.4 Å². The standard InChI is InChI=1S/C17H19N5O/c1-12(18-11-16-20-17(23-21-16)13-6-7-13)14-4-2-5-15(10-14)22-9-3-8-19-22/h2-5,8-10,12-13,18H,6-7,11H2,1H3/t12-/m0/s1. The van der Waals surface area contributed by atoms with Gasteiger partial charge in [-0.1, -0.05) is 17.3 Å². The van der Waals surface area contributed by atoms with Gasteiger partial charge in [0.25, 0.3) is 0 Å². The van der Waals surface area contributed by atoms with Crippen molar-refractivity contribution in [2.24, 2.45) is 0 Å². The normalized spacial score (nSPS) is 15.7.